The molecule has 0 bridgehead atoms. The molecule has 1 amide bonds. The fourth-order valence-corrected chi connectivity index (χ4v) is 2.13. The van der Waals surface area contributed by atoms with Crippen LogP contribution in [0.3, 0.4) is 0 Å². The molecule has 21 heavy (non-hydrogen) atoms. The second-order valence-electron chi connectivity index (χ2n) is 4.33. The van der Waals surface area contributed by atoms with Gasteiger partial charge >= 0.3 is 8.03 Å². The van der Waals surface area contributed by atoms with E-state index in [1.807, 2.05) is 0 Å². The Labute approximate surface area is 120 Å². The second-order valence-corrected chi connectivity index (χ2v) is 5.36. The number of rotatable bonds is 3. The van der Waals surface area contributed by atoms with Gasteiger partial charge in [-0.15, -0.1) is 0 Å². The molecule has 2 rings (SSSR count). The summed E-state index contributed by atoms with van der Waals surface area (Å²) >= 11 is 0. The number of halogens is 2. The van der Waals surface area contributed by atoms with Crippen LogP contribution in [0.25, 0.3) is 0 Å². The van der Waals surface area contributed by atoms with E-state index in [1.165, 1.54) is 31.2 Å². The van der Waals surface area contributed by atoms with E-state index in [9.17, 15) is 23.0 Å². The number of nitrogens with one attached hydrogen (secondary N) is 1. The lowest BCUT2D eigenvalue weighted by molar-refractivity contribution is -0.160. The number of hydrogen-bond acceptors (Lipinski definition) is 3. The fourth-order valence-electron chi connectivity index (χ4n) is 1.68. The van der Waals surface area contributed by atoms with Gasteiger partial charge in [-0.2, -0.15) is 0 Å². The highest BCUT2D eigenvalue weighted by atomic mass is 31.1. The Kier molecular flexibility index (Phi) is 4.40. The highest BCUT2D eigenvalue weighted by Gasteiger charge is 2.14. The summed E-state index contributed by atoms with van der Waals surface area (Å²) in [5, 5.41) is 2.30. The average Bonchev–Trinajstić information content (AvgIpc) is 2.44. The number of carbonyl (C=O) groups is 1. The molecule has 1 atom stereocenters. The van der Waals surface area contributed by atoms with E-state index in [0.717, 1.165) is 12.1 Å². The zero-order valence-electron chi connectivity index (χ0n) is 10.9. The molecule has 2 aromatic carbocycles. The lowest BCUT2D eigenvalue weighted by atomic mass is 10.1. The van der Waals surface area contributed by atoms with Gasteiger partial charge in [-0.3, -0.25) is 4.79 Å². The van der Waals surface area contributed by atoms with E-state index in [1.54, 1.807) is 0 Å². The summed E-state index contributed by atoms with van der Waals surface area (Å²) in [6.45, 7) is 1.28. The first kappa shape index (κ1) is 15.2. The molecule has 0 radical (unpaired) electrons. The van der Waals surface area contributed by atoms with Crippen LogP contribution in [0.5, 0.6) is 0 Å². The van der Waals surface area contributed by atoms with E-state index in [-0.39, 0.29) is 22.1 Å². The van der Waals surface area contributed by atoms with Crippen molar-refractivity contribution in [1.82, 2.24) is 0 Å². The van der Waals surface area contributed by atoms with Gasteiger partial charge in [-0.05, 0) is 31.2 Å². The standard InChI is InChI=1S/C14H10F2NO3P/c1-8-12(15)6-10(7-13(8)16)17-14(18)9-3-2-4-11(5-9)21(19)20/h2-7H,1H3,(H,17,18). The summed E-state index contributed by atoms with van der Waals surface area (Å²) in [7, 11) is -2.81. The van der Waals surface area contributed by atoms with E-state index in [4.69, 9.17) is 0 Å². The predicted molar refractivity (Wildman–Crippen MR) is 72.7 cm³/mol. The maximum Gasteiger partial charge on any atom is 0.348 e. The molecule has 2 aromatic rings. The van der Waals surface area contributed by atoms with Crippen LogP contribution in [0.15, 0.2) is 36.4 Å². The summed E-state index contributed by atoms with van der Waals surface area (Å²) in [5.74, 6) is -2.21. The van der Waals surface area contributed by atoms with Crippen LogP contribution in [0.2, 0.25) is 0 Å². The van der Waals surface area contributed by atoms with Crippen LogP contribution in [0.1, 0.15) is 15.9 Å². The summed E-state index contributed by atoms with van der Waals surface area (Å²) < 4.78 is 37.7. The first-order valence-electron chi connectivity index (χ1n) is 5.90. The minimum atomic E-state index is -2.81. The van der Waals surface area contributed by atoms with E-state index < -0.39 is 25.6 Å². The van der Waals surface area contributed by atoms with Crippen LogP contribution in [-0.2, 0) is 4.57 Å². The maximum absolute atomic E-state index is 13.4. The third kappa shape index (κ3) is 3.48. The third-order valence-electron chi connectivity index (χ3n) is 2.86. The molecule has 0 spiro atoms. The Morgan fingerprint density at radius 3 is 2.38 bits per heavy atom. The largest absolute Gasteiger partial charge is 0.591 e. The lowest BCUT2D eigenvalue weighted by Crippen LogP contribution is -2.15. The van der Waals surface area contributed by atoms with Gasteiger partial charge in [0.1, 0.15) is 11.6 Å². The molecule has 0 aliphatic rings. The average molecular weight is 309 g/mol. The molecule has 0 heterocycles. The zero-order chi connectivity index (χ0) is 15.6. The van der Waals surface area contributed by atoms with E-state index in [0.29, 0.717) is 0 Å². The molecule has 0 aliphatic heterocycles. The molecule has 4 nitrogen and oxygen atoms in total. The van der Waals surface area contributed by atoms with Crippen LogP contribution < -0.4 is 15.5 Å². The Morgan fingerprint density at radius 2 is 1.81 bits per heavy atom. The molecule has 7 heteroatoms. The number of carbonyl (C=O) groups excluding carboxylic acids is 1. The highest BCUT2D eigenvalue weighted by molar-refractivity contribution is 7.45. The van der Waals surface area contributed by atoms with Gasteiger partial charge in [0.15, 0.2) is 5.30 Å². The van der Waals surface area contributed by atoms with Crippen LogP contribution in [-0.4, -0.2) is 5.91 Å². The quantitative estimate of drug-likeness (QED) is 0.884. The van der Waals surface area contributed by atoms with Crippen molar-refractivity contribution in [3.05, 3.63) is 59.2 Å². The highest BCUT2D eigenvalue weighted by Crippen LogP contribution is 2.19. The van der Waals surface area contributed by atoms with Crippen molar-refractivity contribution in [3.63, 3.8) is 0 Å². The van der Waals surface area contributed by atoms with Crippen molar-refractivity contribution >= 4 is 24.9 Å². The normalized spacial score (nSPS) is 11.1. The third-order valence-corrected chi connectivity index (χ3v) is 3.56. The summed E-state index contributed by atoms with van der Waals surface area (Å²) in [4.78, 5) is 22.8. The van der Waals surface area contributed by atoms with Crippen molar-refractivity contribution in [3.8, 4) is 0 Å². The first-order valence-corrected chi connectivity index (χ1v) is 7.07. The summed E-state index contributed by atoms with van der Waals surface area (Å²) in [6.07, 6.45) is 0. The zero-order valence-corrected chi connectivity index (χ0v) is 11.8. The molecular weight excluding hydrogens is 299 g/mol. The molecule has 0 saturated carbocycles. The fraction of sp³-hybridized carbons (Fsp3) is 0.0714. The molecule has 0 fully saturated rings. The van der Waals surface area contributed by atoms with Crippen molar-refractivity contribution in [2.45, 2.75) is 6.92 Å². The molecular formula is C14H10F2NO3P. The van der Waals surface area contributed by atoms with Gasteiger partial charge in [0.05, 0.1) is 0 Å². The van der Waals surface area contributed by atoms with Crippen LogP contribution in [0.4, 0.5) is 14.5 Å². The van der Waals surface area contributed by atoms with Gasteiger partial charge < -0.3 is 10.2 Å². The number of hydrogen-bond donors (Lipinski definition) is 1. The minimum Gasteiger partial charge on any atom is -0.591 e. The van der Waals surface area contributed by atoms with Gasteiger partial charge in [0, 0.05) is 22.9 Å². The molecule has 1 N–H and O–H groups in total. The Morgan fingerprint density at radius 1 is 1.19 bits per heavy atom. The Balaban J connectivity index is 2.26. The molecule has 0 aromatic heterocycles. The summed E-state index contributed by atoms with van der Waals surface area (Å²) in [6, 6.07) is 7.32. The molecule has 0 aliphatic carbocycles. The van der Waals surface area contributed by atoms with Crippen LogP contribution in [0, 0.1) is 18.6 Å². The van der Waals surface area contributed by atoms with Crippen molar-refractivity contribution in [2.75, 3.05) is 5.32 Å². The molecule has 1 unspecified atom stereocenters. The number of benzene rings is 2. The Bertz CT molecular complexity index is 711. The van der Waals surface area contributed by atoms with Gasteiger partial charge in [-0.1, -0.05) is 10.6 Å². The van der Waals surface area contributed by atoms with E-state index in [2.05, 4.69) is 5.32 Å². The van der Waals surface area contributed by atoms with E-state index >= 15 is 0 Å². The topological polar surface area (TPSA) is 69.2 Å². The van der Waals surface area contributed by atoms with Gasteiger partial charge in [-0.25, -0.2) is 8.78 Å². The van der Waals surface area contributed by atoms with Crippen molar-refractivity contribution in [1.29, 1.82) is 0 Å². The first-order chi connectivity index (χ1) is 9.88. The number of amides is 1. The minimum absolute atomic E-state index is 0.0149. The van der Waals surface area contributed by atoms with Gasteiger partial charge in [0.25, 0.3) is 5.91 Å². The SMILES string of the molecule is Cc1c(F)cc(NC(=O)c2cccc([P+](=O)[O-])c2)cc1F. The van der Waals surface area contributed by atoms with Crippen molar-refractivity contribution in [2.24, 2.45) is 0 Å². The molecule has 108 valence electrons. The Hall–Kier alpha value is -2.17. The summed E-state index contributed by atoms with van der Waals surface area (Å²) in [5.41, 5.74) is -0.107. The van der Waals surface area contributed by atoms with Gasteiger partial charge in [0.2, 0.25) is 0 Å². The predicted octanol–water partition coefficient (Wildman–Crippen LogP) is 2.25. The monoisotopic (exact) mass is 309 g/mol. The smallest absolute Gasteiger partial charge is 0.348 e. The maximum atomic E-state index is 13.4. The van der Waals surface area contributed by atoms with Crippen molar-refractivity contribution < 1.29 is 23.0 Å². The second kappa shape index (κ2) is 6.08. The van der Waals surface area contributed by atoms with Crippen LogP contribution >= 0.6 is 8.03 Å². The number of anilines is 1. The molecule has 0 saturated heterocycles. The lowest BCUT2D eigenvalue weighted by Gasteiger charge is -2.07.